The summed E-state index contributed by atoms with van der Waals surface area (Å²) in [5.74, 6) is 2.42. The summed E-state index contributed by atoms with van der Waals surface area (Å²) in [5.41, 5.74) is 0. The molecule has 4 heteroatoms. The zero-order valence-corrected chi connectivity index (χ0v) is 13.8. The Morgan fingerprint density at radius 2 is 1.48 bits per heavy atom. The van der Waals surface area contributed by atoms with E-state index in [-0.39, 0.29) is 18.6 Å². The molecule has 4 nitrogen and oxygen atoms in total. The largest absolute Gasteiger partial charge is 0.484 e. The van der Waals surface area contributed by atoms with E-state index in [1.165, 1.54) is 0 Å². The van der Waals surface area contributed by atoms with Crippen LogP contribution in [0.1, 0.15) is 20.8 Å². The Labute approximate surface area is 137 Å². The third-order valence-corrected chi connectivity index (χ3v) is 3.56. The van der Waals surface area contributed by atoms with Crippen molar-refractivity contribution in [1.82, 2.24) is 5.32 Å². The van der Waals surface area contributed by atoms with Crippen molar-refractivity contribution in [2.45, 2.75) is 26.8 Å². The zero-order chi connectivity index (χ0) is 16.7. The molecule has 0 saturated carbocycles. The molecule has 122 valence electrons. The van der Waals surface area contributed by atoms with Gasteiger partial charge in [-0.15, -0.1) is 0 Å². The van der Waals surface area contributed by atoms with Crippen LogP contribution < -0.4 is 14.8 Å². The summed E-state index contributed by atoms with van der Waals surface area (Å²) in [5, 5.41) is 2.90. The molecule has 0 aliphatic carbocycles. The van der Waals surface area contributed by atoms with Crippen molar-refractivity contribution in [3.05, 3.63) is 54.6 Å². The van der Waals surface area contributed by atoms with Crippen molar-refractivity contribution >= 4 is 5.91 Å². The zero-order valence-electron chi connectivity index (χ0n) is 13.8. The number of para-hydroxylation sites is 1. The van der Waals surface area contributed by atoms with E-state index in [4.69, 9.17) is 9.47 Å². The Morgan fingerprint density at radius 1 is 0.913 bits per heavy atom. The molecular formula is C19H23NO3. The van der Waals surface area contributed by atoms with Gasteiger partial charge in [0.05, 0.1) is 0 Å². The van der Waals surface area contributed by atoms with E-state index >= 15 is 0 Å². The van der Waals surface area contributed by atoms with Gasteiger partial charge in [0, 0.05) is 6.04 Å². The third kappa shape index (κ3) is 5.66. The minimum atomic E-state index is -0.115. The van der Waals surface area contributed by atoms with Crippen LogP contribution in [-0.2, 0) is 4.79 Å². The van der Waals surface area contributed by atoms with E-state index in [9.17, 15) is 4.79 Å². The number of amides is 1. The van der Waals surface area contributed by atoms with Crippen molar-refractivity contribution in [2.75, 3.05) is 6.61 Å². The predicted molar refractivity (Wildman–Crippen MR) is 90.9 cm³/mol. The fourth-order valence-corrected chi connectivity index (χ4v) is 1.84. The van der Waals surface area contributed by atoms with Gasteiger partial charge in [0.15, 0.2) is 6.61 Å². The van der Waals surface area contributed by atoms with E-state index in [1.807, 2.05) is 49.4 Å². The molecule has 0 fully saturated rings. The topological polar surface area (TPSA) is 47.6 Å². The first-order chi connectivity index (χ1) is 11.0. The number of hydrogen-bond acceptors (Lipinski definition) is 3. The summed E-state index contributed by atoms with van der Waals surface area (Å²) in [4.78, 5) is 11.8. The van der Waals surface area contributed by atoms with Crippen LogP contribution >= 0.6 is 0 Å². The normalized spacial score (nSPS) is 11.8. The fraction of sp³-hybridized carbons (Fsp3) is 0.316. The summed E-state index contributed by atoms with van der Waals surface area (Å²) in [6.07, 6.45) is 0. The standard InChI is InChI=1S/C19H23NO3/c1-14(2)15(3)20-19(21)13-22-16-9-11-18(12-10-16)23-17-7-5-4-6-8-17/h4-12,14-15H,13H2,1-3H3,(H,20,21). The Balaban J connectivity index is 1.82. The van der Waals surface area contributed by atoms with Crippen LogP contribution in [0.15, 0.2) is 54.6 Å². The average molecular weight is 313 g/mol. The van der Waals surface area contributed by atoms with Crippen molar-refractivity contribution in [3.8, 4) is 17.2 Å². The lowest BCUT2D eigenvalue weighted by atomic mass is 10.1. The minimum Gasteiger partial charge on any atom is -0.484 e. The molecule has 0 heterocycles. The molecule has 0 saturated heterocycles. The van der Waals surface area contributed by atoms with Crippen LogP contribution in [0, 0.1) is 5.92 Å². The highest BCUT2D eigenvalue weighted by Gasteiger charge is 2.11. The Hall–Kier alpha value is -2.49. The van der Waals surface area contributed by atoms with Crippen molar-refractivity contribution in [3.63, 3.8) is 0 Å². The second-order valence-corrected chi connectivity index (χ2v) is 5.78. The summed E-state index contributed by atoms with van der Waals surface area (Å²) in [6.45, 7) is 6.13. The van der Waals surface area contributed by atoms with E-state index in [1.54, 1.807) is 12.1 Å². The molecule has 1 unspecified atom stereocenters. The molecule has 2 aromatic rings. The highest BCUT2D eigenvalue weighted by molar-refractivity contribution is 5.77. The van der Waals surface area contributed by atoms with Gasteiger partial charge in [0.1, 0.15) is 17.2 Å². The van der Waals surface area contributed by atoms with Crippen molar-refractivity contribution < 1.29 is 14.3 Å². The molecule has 0 aliphatic heterocycles. The molecule has 2 aromatic carbocycles. The molecule has 0 bridgehead atoms. The molecule has 0 aliphatic rings. The van der Waals surface area contributed by atoms with Crippen molar-refractivity contribution in [1.29, 1.82) is 0 Å². The van der Waals surface area contributed by atoms with Crippen LogP contribution in [0.25, 0.3) is 0 Å². The third-order valence-electron chi connectivity index (χ3n) is 3.56. The van der Waals surface area contributed by atoms with Gasteiger partial charge in [-0.1, -0.05) is 32.0 Å². The van der Waals surface area contributed by atoms with E-state index in [0.717, 1.165) is 11.5 Å². The predicted octanol–water partition coefficient (Wildman–Crippen LogP) is 4.02. The van der Waals surface area contributed by atoms with Crippen molar-refractivity contribution in [2.24, 2.45) is 5.92 Å². The SMILES string of the molecule is CC(C)C(C)NC(=O)COc1ccc(Oc2ccccc2)cc1. The number of nitrogens with one attached hydrogen (secondary N) is 1. The maximum absolute atomic E-state index is 11.8. The van der Waals surface area contributed by atoms with Crippen LogP contribution in [0.4, 0.5) is 0 Å². The molecule has 23 heavy (non-hydrogen) atoms. The summed E-state index contributed by atoms with van der Waals surface area (Å²) >= 11 is 0. The molecule has 0 spiro atoms. The molecule has 1 amide bonds. The second kappa shape index (κ2) is 8.22. The number of hydrogen-bond donors (Lipinski definition) is 1. The van der Waals surface area contributed by atoms with Gasteiger partial charge < -0.3 is 14.8 Å². The van der Waals surface area contributed by atoms with Crippen LogP contribution in [0.3, 0.4) is 0 Å². The quantitative estimate of drug-likeness (QED) is 0.840. The highest BCUT2D eigenvalue weighted by Crippen LogP contribution is 2.23. The highest BCUT2D eigenvalue weighted by atomic mass is 16.5. The van der Waals surface area contributed by atoms with Gasteiger partial charge in [-0.2, -0.15) is 0 Å². The Morgan fingerprint density at radius 3 is 2.09 bits per heavy atom. The minimum absolute atomic E-state index is 0.00987. The average Bonchev–Trinajstić information content (AvgIpc) is 2.55. The number of rotatable bonds is 7. The lowest BCUT2D eigenvalue weighted by Crippen LogP contribution is -2.38. The first kappa shape index (κ1) is 16.9. The molecule has 0 radical (unpaired) electrons. The van der Waals surface area contributed by atoms with Crippen LogP contribution in [0.5, 0.6) is 17.2 Å². The summed E-state index contributed by atoms with van der Waals surface area (Å²) < 4.78 is 11.2. The summed E-state index contributed by atoms with van der Waals surface area (Å²) in [7, 11) is 0. The molecular weight excluding hydrogens is 290 g/mol. The first-order valence-corrected chi connectivity index (χ1v) is 7.79. The smallest absolute Gasteiger partial charge is 0.258 e. The monoisotopic (exact) mass is 313 g/mol. The van der Waals surface area contributed by atoms with Gasteiger partial charge in [-0.05, 0) is 49.2 Å². The molecule has 1 N–H and O–H groups in total. The lowest BCUT2D eigenvalue weighted by Gasteiger charge is -2.17. The van der Waals surface area contributed by atoms with Gasteiger partial charge in [0.2, 0.25) is 0 Å². The Kier molecular flexibility index (Phi) is 6.03. The summed E-state index contributed by atoms with van der Waals surface area (Å²) in [6, 6.07) is 16.9. The van der Waals surface area contributed by atoms with E-state index < -0.39 is 0 Å². The van der Waals surface area contributed by atoms with Gasteiger partial charge >= 0.3 is 0 Å². The van der Waals surface area contributed by atoms with E-state index in [0.29, 0.717) is 11.7 Å². The molecule has 1 atom stereocenters. The molecule has 0 aromatic heterocycles. The number of benzene rings is 2. The Bertz CT molecular complexity index is 608. The maximum atomic E-state index is 11.8. The van der Waals surface area contributed by atoms with Gasteiger partial charge in [-0.25, -0.2) is 0 Å². The van der Waals surface area contributed by atoms with Gasteiger partial charge in [-0.3, -0.25) is 4.79 Å². The first-order valence-electron chi connectivity index (χ1n) is 7.79. The maximum Gasteiger partial charge on any atom is 0.258 e. The van der Waals surface area contributed by atoms with Gasteiger partial charge in [0.25, 0.3) is 5.91 Å². The van der Waals surface area contributed by atoms with Crippen LogP contribution in [0.2, 0.25) is 0 Å². The van der Waals surface area contributed by atoms with Crippen LogP contribution in [-0.4, -0.2) is 18.6 Å². The number of ether oxygens (including phenoxy) is 2. The number of carbonyl (C=O) groups excluding carboxylic acids is 1. The fourth-order valence-electron chi connectivity index (χ4n) is 1.84. The lowest BCUT2D eigenvalue weighted by molar-refractivity contribution is -0.124. The number of carbonyl (C=O) groups is 1. The molecule has 2 rings (SSSR count). The van der Waals surface area contributed by atoms with E-state index in [2.05, 4.69) is 19.2 Å². The second-order valence-electron chi connectivity index (χ2n) is 5.78.